The van der Waals surface area contributed by atoms with Gasteiger partial charge in [0.25, 0.3) is 0 Å². The SMILES string of the molecule is Cc1nccn1CCOc1ccccc1C#N. The Bertz CT molecular complexity index is 540. The molecule has 4 heteroatoms. The Morgan fingerprint density at radius 2 is 2.24 bits per heavy atom. The van der Waals surface area contributed by atoms with Crippen molar-refractivity contribution in [3.63, 3.8) is 0 Å². The second-order valence-electron chi connectivity index (χ2n) is 3.62. The predicted octanol–water partition coefficient (Wildman–Crippen LogP) is 2.14. The fourth-order valence-corrected chi connectivity index (χ4v) is 1.58. The van der Waals surface area contributed by atoms with Crippen molar-refractivity contribution in [1.82, 2.24) is 9.55 Å². The van der Waals surface area contributed by atoms with Gasteiger partial charge in [-0.2, -0.15) is 5.26 Å². The minimum atomic E-state index is 0.524. The number of hydrogen-bond donors (Lipinski definition) is 0. The summed E-state index contributed by atoms with van der Waals surface area (Å²) in [4.78, 5) is 4.13. The Balaban J connectivity index is 1.95. The van der Waals surface area contributed by atoms with Crippen molar-refractivity contribution in [3.8, 4) is 11.8 Å². The zero-order chi connectivity index (χ0) is 12.1. The highest BCUT2D eigenvalue weighted by molar-refractivity contribution is 5.42. The fraction of sp³-hybridized carbons (Fsp3) is 0.231. The zero-order valence-electron chi connectivity index (χ0n) is 9.63. The number of benzene rings is 1. The van der Waals surface area contributed by atoms with E-state index in [0.29, 0.717) is 17.9 Å². The molecule has 0 spiro atoms. The molecule has 1 aromatic carbocycles. The van der Waals surface area contributed by atoms with Crippen LogP contribution in [0.4, 0.5) is 0 Å². The Morgan fingerprint density at radius 3 is 2.94 bits per heavy atom. The standard InChI is InChI=1S/C13H13N3O/c1-11-15-6-7-16(11)8-9-17-13-5-3-2-4-12(13)10-14/h2-7H,8-9H2,1H3. The number of para-hydroxylation sites is 1. The molecule has 0 saturated heterocycles. The molecule has 17 heavy (non-hydrogen) atoms. The van der Waals surface area contributed by atoms with Crippen LogP contribution in [-0.4, -0.2) is 16.2 Å². The van der Waals surface area contributed by atoms with Crippen molar-refractivity contribution in [2.24, 2.45) is 0 Å². The number of hydrogen-bond acceptors (Lipinski definition) is 3. The third-order valence-corrected chi connectivity index (χ3v) is 2.52. The molecule has 2 rings (SSSR count). The smallest absolute Gasteiger partial charge is 0.137 e. The summed E-state index contributed by atoms with van der Waals surface area (Å²) in [7, 11) is 0. The monoisotopic (exact) mass is 227 g/mol. The van der Waals surface area contributed by atoms with E-state index in [4.69, 9.17) is 10.00 Å². The molecule has 2 aromatic rings. The first kappa shape index (κ1) is 11.2. The van der Waals surface area contributed by atoms with Crippen LogP contribution >= 0.6 is 0 Å². The summed E-state index contributed by atoms with van der Waals surface area (Å²) in [5, 5.41) is 8.90. The summed E-state index contributed by atoms with van der Waals surface area (Å²) in [6.45, 7) is 3.20. The summed E-state index contributed by atoms with van der Waals surface area (Å²) in [6, 6.07) is 9.34. The lowest BCUT2D eigenvalue weighted by Crippen LogP contribution is -2.09. The van der Waals surface area contributed by atoms with Crippen molar-refractivity contribution in [3.05, 3.63) is 48.0 Å². The molecule has 0 saturated carbocycles. The Labute approximate surface area is 100 Å². The van der Waals surface area contributed by atoms with Gasteiger partial charge in [-0.25, -0.2) is 4.98 Å². The summed E-state index contributed by atoms with van der Waals surface area (Å²) in [6.07, 6.45) is 3.67. The molecule has 0 atom stereocenters. The maximum atomic E-state index is 8.90. The first-order valence-corrected chi connectivity index (χ1v) is 5.41. The number of imidazole rings is 1. The summed E-state index contributed by atoms with van der Waals surface area (Å²) in [5.41, 5.74) is 0.565. The average Bonchev–Trinajstić information content (AvgIpc) is 2.76. The zero-order valence-corrected chi connectivity index (χ0v) is 9.63. The van der Waals surface area contributed by atoms with E-state index in [9.17, 15) is 0 Å². The minimum absolute atomic E-state index is 0.524. The van der Waals surface area contributed by atoms with E-state index in [1.54, 1.807) is 18.3 Å². The van der Waals surface area contributed by atoms with Gasteiger partial charge in [-0.15, -0.1) is 0 Å². The van der Waals surface area contributed by atoms with Crippen molar-refractivity contribution in [2.75, 3.05) is 6.61 Å². The molecule has 1 heterocycles. The van der Waals surface area contributed by atoms with Gasteiger partial charge in [0.1, 0.15) is 24.3 Å². The van der Waals surface area contributed by atoms with Crippen LogP contribution in [0.5, 0.6) is 5.75 Å². The second-order valence-corrected chi connectivity index (χ2v) is 3.62. The van der Waals surface area contributed by atoms with Crippen molar-refractivity contribution in [1.29, 1.82) is 5.26 Å². The van der Waals surface area contributed by atoms with Gasteiger partial charge in [-0.1, -0.05) is 12.1 Å². The molecule has 0 amide bonds. The Kier molecular flexibility index (Phi) is 3.41. The van der Waals surface area contributed by atoms with E-state index in [-0.39, 0.29) is 0 Å². The molecule has 0 N–H and O–H groups in total. The van der Waals surface area contributed by atoms with Crippen LogP contribution in [0, 0.1) is 18.3 Å². The summed E-state index contributed by atoms with van der Waals surface area (Å²) < 4.78 is 7.59. The number of aryl methyl sites for hydroxylation is 1. The lowest BCUT2D eigenvalue weighted by molar-refractivity contribution is 0.296. The molecular formula is C13H13N3O. The largest absolute Gasteiger partial charge is 0.490 e. The molecule has 0 aliphatic carbocycles. The van der Waals surface area contributed by atoms with Crippen LogP contribution in [0.3, 0.4) is 0 Å². The average molecular weight is 227 g/mol. The Morgan fingerprint density at radius 1 is 1.41 bits per heavy atom. The van der Waals surface area contributed by atoms with Gasteiger partial charge in [0.2, 0.25) is 0 Å². The molecule has 4 nitrogen and oxygen atoms in total. The van der Waals surface area contributed by atoms with E-state index in [0.717, 1.165) is 12.4 Å². The number of nitrogens with zero attached hydrogens (tertiary/aromatic N) is 3. The predicted molar refractivity (Wildman–Crippen MR) is 63.6 cm³/mol. The lowest BCUT2D eigenvalue weighted by Gasteiger charge is -2.08. The normalized spacial score (nSPS) is 9.88. The maximum Gasteiger partial charge on any atom is 0.137 e. The number of rotatable bonds is 4. The number of nitriles is 1. The third-order valence-electron chi connectivity index (χ3n) is 2.52. The van der Waals surface area contributed by atoms with Gasteiger partial charge in [0, 0.05) is 12.4 Å². The lowest BCUT2D eigenvalue weighted by atomic mass is 10.2. The first-order chi connectivity index (χ1) is 8.31. The van der Waals surface area contributed by atoms with Gasteiger partial charge in [0.15, 0.2) is 0 Å². The Hall–Kier alpha value is -2.28. The highest BCUT2D eigenvalue weighted by Gasteiger charge is 2.02. The van der Waals surface area contributed by atoms with Crippen LogP contribution in [0.15, 0.2) is 36.7 Å². The second kappa shape index (κ2) is 5.17. The topological polar surface area (TPSA) is 50.8 Å². The van der Waals surface area contributed by atoms with E-state index < -0.39 is 0 Å². The molecule has 1 aromatic heterocycles. The van der Waals surface area contributed by atoms with Crippen LogP contribution in [0.25, 0.3) is 0 Å². The highest BCUT2D eigenvalue weighted by Crippen LogP contribution is 2.16. The molecule has 0 radical (unpaired) electrons. The van der Waals surface area contributed by atoms with Crippen LogP contribution in [-0.2, 0) is 6.54 Å². The number of ether oxygens (including phenoxy) is 1. The van der Waals surface area contributed by atoms with Crippen molar-refractivity contribution < 1.29 is 4.74 Å². The molecule has 0 unspecified atom stereocenters. The minimum Gasteiger partial charge on any atom is -0.490 e. The van der Waals surface area contributed by atoms with Crippen LogP contribution in [0.2, 0.25) is 0 Å². The van der Waals surface area contributed by atoms with Gasteiger partial charge < -0.3 is 9.30 Å². The van der Waals surface area contributed by atoms with Crippen molar-refractivity contribution >= 4 is 0 Å². The van der Waals surface area contributed by atoms with E-state index in [1.165, 1.54) is 0 Å². The quantitative estimate of drug-likeness (QED) is 0.804. The fourth-order valence-electron chi connectivity index (χ4n) is 1.58. The third kappa shape index (κ3) is 2.64. The van der Waals surface area contributed by atoms with Gasteiger partial charge in [0.05, 0.1) is 12.1 Å². The van der Waals surface area contributed by atoms with E-state index in [2.05, 4.69) is 11.1 Å². The van der Waals surface area contributed by atoms with E-state index in [1.807, 2.05) is 29.8 Å². The maximum absolute atomic E-state index is 8.90. The molecule has 0 aliphatic heterocycles. The highest BCUT2D eigenvalue weighted by atomic mass is 16.5. The van der Waals surface area contributed by atoms with Crippen LogP contribution in [0.1, 0.15) is 11.4 Å². The molecule has 0 bridgehead atoms. The van der Waals surface area contributed by atoms with Gasteiger partial charge >= 0.3 is 0 Å². The van der Waals surface area contributed by atoms with Crippen LogP contribution < -0.4 is 4.74 Å². The van der Waals surface area contributed by atoms with Gasteiger partial charge in [-0.3, -0.25) is 0 Å². The van der Waals surface area contributed by atoms with Crippen molar-refractivity contribution in [2.45, 2.75) is 13.5 Å². The molecule has 0 fully saturated rings. The number of aromatic nitrogens is 2. The molecule has 0 aliphatic rings. The molecular weight excluding hydrogens is 214 g/mol. The first-order valence-electron chi connectivity index (χ1n) is 5.41. The summed E-state index contributed by atoms with van der Waals surface area (Å²) in [5.74, 6) is 1.59. The summed E-state index contributed by atoms with van der Waals surface area (Å²) >= 11 is 0. The van der Waals surface area contributed by atoms with E-state index >= 15 is 0 Å². The molecule has 86 valence electrons. The van der Waals surface area contributed by atoms with Gasteiger partial charge in [-0.05, 0) is 19.1 Å².